The molecule has 4 rings (SSSR count). The minimum atomic E-state index is -0.143. The molecular weight excluding hydrogens is 350 g/mol. The van der Waals surface area contributed by atoms with Crippen LogP contribution in [0.5, 0.6) is 5.75 Å². The highest BCUT2D eigenvalue weighted by Gasteiger charge is 2.47. The van der Waals surface area contributed by atoms with Crippen molar-refractivity contribution < 1.29 is 9.53 Å². The molecule has 28 heavy (non-hydrogen) atoms. The van der Waals surface area contributed by atoms with E-state index < -0.39 is 0 Å². The summed E-state index contributed by atoms with van der Waals surface area (Å²) in [5.74, 6) is 0.558. The molecule has 2 aromatic carbocycles. The number of anilines is 1. The topological polar surface area (TPSA) is 50.4 Å². The maximum Gasteiger partial charge on any atom is 0.262 e. The van der Waals surface area contributed by atoms with E-state index >= 15 is 0 Å². The Labute approximate surface area is 167 Å². The Balaban J connectivity index is 1.42. The zero-order chi connectivity index (χ0) is 19.4. The molecule has 0 saturated carbocycles. The van der Waals surface area contributed by atoms with Crippen LogP contribution in [0, 0.1) is 0 Å². The number of nitrogens with zero attached hydrogens (tertiary/aromatic N) is 1. The summed E-state index contributed by atoms with van der Waals surface area (Å²) in [6, 6.07) is 19.2. The molecule has 148 valence electrons. The number of rotatable bonds is 6. The number of ether oxygens (including phenoxy) is 1. The zero-order valence-electron chi connectivity index (χ0n) is 16.6. The van der Waals surface area contributed by atoms with Crippen molar-refractivity contribution in [3.05, 3.63) is 54.6 Å². The Morgan fingerprint density at radius 2 is 1.93 bits per heavy atom. The highest BCUT2D eigenvalue weighted by atomic mass is 16.5. The Morgan fingerprint density at radius 3 is 2.57 bits per heavy atom. The smallest absolute Gasteiger partial charge is 0.262 e. The summed E-state index contributed by atoms with van der Waals surface area (Å²) >= 11 is 0. The van der Waals surface area contributed by atoms with E-state index in [2.05, 4.69) is 29.7 Å². The number of amides is 1. The van der Waals surface area contributed by atoms with Crippen LogP contribution in [0.25, 0.3) is 0 Å². The first-order valence-electron chi connectivity index (χ1n) is 10.3. The minimum Gasteiger partial charge on any atom is -0.484 e. The largest absolute Gasteiger partial charge is 0.484 e. The van der Waals surface area contributed by atoms with Crippen LogP contribution in [-0.4, -0.2) is 44.2 Å². The van der Waals surface area contributed by atoms with Gasteiger partial charge in [0, 0.05) is 50.2 Å². The molecular formula is C23H30N3O2+. The molecule has 2 heterocycles. The summed E-state index contributed by atoms with van der Waals surface area (Å²) in [6.07, 6.45) is 3.80. The molecule has 3 unspecified atom stereocenters. The lowest BCUT2D eigenvalue weighted by atomic mass is 10.1. The summed E-state index contributed by atoms with van der Waals surface area (Å²) in [5.41, 5.74) is 2.19. The lowest BCUT2D eigenvalue weighted by Crippen LogP contribution is -2.59. The second-order valence-electron chi connectivity index (χ2n) is 7.99. The molecule has 5 heteroatoms. The number of hydrogen-bond donors (Lipinski definition) is 2. The van der Waals surface area contributed by atoms with Crippen LogP contribution in [0.15, 0.2) is 54.6 Å². The highest BCUT2D eigenvalue weighted by molar-refractivity contribution is 5.92. The molecule has 5 nitrogen and oxygen atoms in total. The number of quaternary nitrogens is 1. The Bertz CT molecular complexity index is 787. The fourth-order valence-electron chi connectivity index (χ4n) is 4.95. The van der Waals surface area contributed by atoms with Crippen LogP contribution >= 0.6 is 0 Å². The van der Waals surface area contributed by atoms with Gasteiger partial charge in [-0.1, -0.05) is 18.2 Å². The summed E-state index contributed by atoms with van der Waals surface area (Å²) in [4.78, 5) is 12.2. The van der Waals surface area contributed by atoms with Gasteiger partial charge in [0.25, 0.3) is 5.91 Å². The van der Waals surface area contributed by atoms with Gasteiger partial charge in [-0.05, 0) is 31.2 Å². The van der Waals surface area contributed by atoms with Gasteiger partial charge in [-0.15, -0.1) is 0 Å². The average Bonchev–Trinajstić information content (AvgIpc) is 3.38. The first-order chi connectivity index (χ1) is 13.7. The number of nitrogens with one attached hydrogen (secondary N) is 2. The van der Waals surface area contributed by atoms with E-state index in [4.69, 9.17) is 4.74 Å². The monoisotopic (exact) mass is 380 g/mol. The zero-order valence-corrected chi connectivity index (χ0v) is 16.6. The Hall–Kier alpha value is -2.37. The molecule has 2 aliphatic rings. The molecule has 2 fully saturated rings. The third kappa shape index (κ3) is 3.77. The van der Waals surface area contributed by atoms with Gasteiger partial charge < -0.3 is 15.4 Å². The number of likely N-dealkylation sites (tertiary alicyclic amines) is 1. The van der Waals surface area contributed by atoms with Gasteiger partial charge in [0.1, 0.15) is 17.5 Å². The quantitative estimate of drug-likeness (QED) is 0.754. The second-order valence-corrected chi connectivity index (χ2v) is 7.99. The van der Waals surface area contributed by atoms with Crippen molar-refractivity contribution in [2.75, 3.05) is 31.6 Å². The van der Waals surface area contributed by atoms with Gasteiger partial charge in [0.15, 0.2) is 6.61 Å². The first-order valence-corrected chi connectivity index (χ1v) is 10.3. The predicted molar refractivity (Wildman–Crippen MR) is 114 cm³/mol. The molecule has 3 atom stereocenters. The molecule has 0 radical (unpaired) electrons. The standard InChI is InChI=1S/C23H29N3O2/c1-18-6-5-15-26(18,21-13-14-24-16-21)20-11-9-19(10-12-20)25-23(27)17-28-22-7-3-2-4-8-22/h2-4,7-12,18,21,24H,5-6,13-17H2,1H3/p+1. The second kappa shape index (κ2) is 8.33. The molecule has 0 aromatic heterocycles. The molecule has 2 aliphatic heterocycles. The van der Waals surface area contributed by atoms with Crippen LogP contribution in [0.1, 0.15) is 26.2 Å². The maximum absolute atomic E-state index is 12.2. The van der Waals surface area contributed by atoms with Crippen LogP contribution in [0.3, 0.4) is 0 Å². The third-order valence-corrected chi connectivity index (χ3v) is 6.37. The van der Waals surface area contributed by atoms with Crippen LogP contribution in [-0.2, 0) is 4.79 Å². The molecule has 0 aliphatic carbocycles. The van der Waals surface area contributed by atoms with Gasteiger partial charge >= 0.3 is 0 Å². The summed E-state index contributed by atoms with van der Waals surface area (Å²) < 4.78 is 6.60. The lowest BCUT2D eigenvalue weighted by molar-refractivity contribution is -0.118. The number of benzene rings is 2. The van der Waals surface area contributed by atoms with Gasteiger partial charge in [0.05, 0.1) is 12.6 Å². The van der Waals surface area contributed by atoms with Crippen molar-refractivity contribution in [1.82, 2.24) is 9.80 Å². The Morgan fingerprint density at radius 1 is 1.14 bits per heavy atom. The van der Waals surface area contributed by atoms with E-state index in [9.17, 15) is 4.79 Å². The number of carbonyl (C=O) groups excluding carboxylic acids is 1. The van der Waals surface area contributed by atoms with Crippen molar-refractivity contribution >= 4 is 17.3 Å². The van der Waals surface area contributed by atoms with E-state index in [1.54, 1.807) is 0 Å². The van der Waals surface area contributed by atoms with Gasteiger partial charge in [0.2, 0.25) is 0 Å². The molecule has 0 spiro atoms. The number of para-hydroxylation sites is 1. The molecule has 1 amide bonds. The summed E-state index contributed by atoms with van der Waals surface area (Å²) in [5, 5.41) is 6.48. The van der Waals surface area contributed by atoms with Crippen molar-refractivity contribution in [1.29, 1.82) is 0 Å². The van der Waals surface area contributed by atoms with Gasteiger partial charge in [-0.3, -0.25) is 9.28 Å². The minimum absolute atomic E-state index is 0.0105. The predicted octanol–water partition coefficient (Wildman–Crippen LogP) is 3.56. The van der Waals surface area contributed by atoms with E-state index in [0.29, 0.717) is 17.8 Å². The number of hydrogen-bond acceptors (Lipinski definition) is 3. The molecule has 0 bridgehead atoms. The van der Waals surface area contributed by atoms with Crippen molar-refractivity contribution in [3.8, 4) is 5.75 Å². The van der Waals surface area contributed by atoms with E-state index in [1.165, 1.54) is 31.5 Å². The average molecular weight is 381 g/mol. The first kappa shape index (κ1) is 19.0. The van der Waals surface area contributed by atoms with E-state index in [1.807, 2.05) is 42.5 Å². The number of carbonyl (C=O) groups is 1. The van der Waals surface area contributed by atoms with Crippen molar-refractivity contribution in [2.45, 2.75) is 38.3 Å². The molecule has 2 saturated heterocycles. The van der Waals surface area contributed by atoms with Crippen molar-refractivity contribution in [2.24, 2.45) is 0 Å². The van der Waals surface area contributed by atoms with E-state index in [-0.39, 0.29) is 12.5 Å². The van der Waals surface area contributed by atoms with Gasteiger partial charge in [-0.25, -0.2) is 0 Å². The summed E-state index contributed by atoms with van der Waals surface area (Å²) in [6.45, 7) is 5.83. The van der Waals surface area contributed by atoms with Crippen molar-refractivity contribution in [3.63, 3.8) is 0 Å². The molecule has 2 N–H and O–H groups in total. The van der Waals surface area contributed by atoms with Crippen LogP contribution in [0.4, 0.5) is 11.4 Å². The normalized spacial score (nSPS) is 26.9. The SMILES string of the molecule is CC1CCC[N+]1(c1ccc(NC(=O)COc2ccccc2)cc1)C1CCNC1. The van der Waals surface area contributed by atoms with E-state index in [0.717, 1.165) is 23.3 Å². The lowest BCUT2D eigenvalue weighted by Gasteiger charge is -2.43. The van der Waals surface area contributed by atoms with Crippen LogP contribution < -0.4 is 19.9 Å². The van der Waals surface area contributed by atoms with Crippen LogP contribution in [0.2, 0.25) is 0 Å². The maximum atomic E-state index is 12.2. The highest BCUT2D eigenvalue weighted by Crippen LogP contribution is 2.39. The Kier molecular flexibility index (Phi) is 5.64. The third-order valence-electron chi connectivity index (χ3n) is 6.37. The summed E-state index contributed by atoms with van der Waals surface area (Å²) in [7, 11) is 0. The fourth-order valence-corrected chi connectivity index (χ4v) is 4.95. The van der Waals surface area contributed by atoms with Gasteiger partial charge in [-0.2, -0.15) is 0 Å². The fraction of sp³-hybridized carbons (Fsp3) is 0.435. The molecule has 2 aromatic rings.